The minimum atomic E-state index is -4.49. The first kappa shape index (κ1) is 34.9. The van der Waals surface area contributed by atoms with Crippen LogP contribution in [0, 0.1) is 13.8 Å². The van der Waals surface area contributed by atoms with Crippen molar-refractivity contribution in [3.05, 3.63) is 94.3 Å². The number of hydrogen-bond acceptors (Lipinski definition) is 9. The Labute approximate surface area is 304 Å². The zero-order chi connectivity index (χ0) is 30.9. The Morgan fingerprint density at radius 2 is 1.61 bits per heavy atom. The molecule has 1 aromatic heterocycles. The molecule has 0 spiro atoms. The summed E-state index contributed by atoms with van der Waals surface area (Å²) in [7, 11) is -8.93. The smallest absolute Gasteiger partial charge is 0.748 e. The van der Waals surface area contributed by atoms with Crippen LogP contribution in [0.2, 0.25) is 0 Å². The van der Waals surface area contributed by atoms with Crippen molar-refractivity contribution in [1.82, 2.24) is 0 Å². The van der Waals surface area contributed by atoms with E-state index in [1.165, 1.54) is 11.3 Å². The molecule has 1 aliphatic heterocycles. The Morgan fingerprint density at radius 1 is 0.932 bits per heavy atom. The van der Waals surface area contributed by atoms with Gasteiger partial charge in [-0.05, 0) is 66.3 Å². The molecule has 0 amide bonds. The van der Waals surface area contributed by atoms with Gasteiger partial charge in [-0.2, -0.15) is 4.57 Å². The molecule has 2 heterocycles. The van der Waals surface area contributed by atoms with Gasteiger partial charge in [0.2, 0.25) is 11.4 Å². The minimum absolute atomic E-state index is 0. The van der Waals surface area contributed by atoms with Crippen LogP contribution in [-0.4, -0.2) is 44.0 Å². The molecule has 4 aromatic rings. The number of benzene rings is 3. The van der Waals surface area contributed by atoms with Crippen molar-refractivity contribution in [3.63, 3.8) is 0 Å². The van der Waals surface area contributed by atoms with Crippen LogP contribution >= 0.6 is 11.3 Å². The van der Waals surface area contributed by atoms with Crippen LogP contribution in [0.15, 0.2) is 78.2 Å². The summed E-state index contributed by atoms with van der Waals surface area (Å²) in [5.41, 5.74) is 6.35. The van der Waals surface area contributed by atoms with Gasteiger partial charge in [0.05, 0.1) is 27.3 Å². The molecule has 1 aliphatic rings. The van der Waals surface area contributed by atoms with Crippen LogP contribution in [0.1, 0.15) is 29.5 Å². The number of hydrogen-bond donors (Lipinski definition) is 0. The van der Waals surface area contributed by atoms with Gasteiger partial charge < -0.3 is 18.7 Å². The minimum Gasteiger partial charge on any atom is -0.748 e. The van der Waals surface area contributed by atoms with Crippen molar-refractivity contribution in [3.8, 4) is 16.9 Å². The Balaban J connectivity index is 0.00000442. The Morgan fingerprint density at radius 3 is 2.27 bits per heavy atom. The van der Waals surface area contributed by atoms with E-state index in [9.17, 15) is 25.9 Å². The molecule has 226 valence electrons. The normalized spacial score (nSPS) is 14.5. The van der Waals surface area contributed by atoms with Gasteiger partial charge in [-0.3, -0.25) is 0 Å². The second kappa shape index (κ2) is 14.2. The molecule has 0 fully saturated rings. The van der Waals surface area contributed by atoms with Gasteiger partial charge in [0.25, 0.3) is 5.01 Å². The number of rotatable bonds is 10. The Hall–Kier alpha value is -1.91. The molecule has 0 saturated carbocycles. The van der Waals surface area contributed by atoms with E-state index in [1.807, 2.05) is 92.1 Å². The summed E-state index contributed by atoms with van der Waals surface area (Å²) in [6.45, 7) is 5.86. The third kappa shape index (κ3) is 8.46. The van der Waals surface area contributed by atoms with E-state index in [1.54, 1.807) is 11.0 Å². The first-order chi connectivity index (χ1) is 20.3. The first-order valence-electron chi connectivity index (χ1n) is 13.7. The fourth-order valence-electron chi connectivity index (χ4n) is 4.91. The average Bonchev–Trinajstić information content (AvgIpc) is 3.45. The first-order valence-corrected chi connectivity index (χ1v) is 17.7. The summed E-state index contributed by atoms with van der Waals surface area (Å²) in [5.74, 6) is -0.238. The molecule has 13 heteroatoms. The zero-order valence-corrected chi connectivity index (χ0v) is 30.5. The number of allylic oxidation sites excluding steroid dienone is 2. The van der Waals surface area contributed by atoms with Gasteiger partial charge >= 0.3 is 51.4 Å². The van der Waals surface area contributed by atoms with Crippen LogP contribution in [0.4, 0.5) is 5.69 Å². The summed E-state index contributed by atoms with van der Waals surface area (Å²) in [6, 6.07) is 19.4. The third-order valence-corrected chi connectivity index (χ3v) is 9.80. The van der Waals surface area contributed by atoms with Gasteiger partial charge in [0.1, 0.15) is 14.8 Å². The van der Waals surface area contributed by atoms with Crippen LogP contribution < -0.4 is 65.6 Å². The van der Waals surface area contributed by atoms with Crippen molar-refractivity contribution in [1.29, 1.82) is 0 Å². The maximum absolute atomic E-state index is 11.6. The molecule has 44 heavy (non-hydrogen) atoms. The maximum atomic E-state index is 11.6. The van der Waals surface area contributed by atoms with Gasteiger partial charge in [0, 0.05) is 24.8 Å². The Bertz CT molecular complexity index is 1970. The molecule has 9 nitrogen and oxygen atoms in total. The van der Waals surface area contributed by atoms with E-state index >= 15 is 0 Å². The molecule has 0 N–H and O–H groups in total. The van der Waals surface area contributed by atoms with Crippen molar-refractivity contribution < 1.29 is 86.6 Å². The SMILES string of the molecule is CCC(=Cc1sc2cc(C)c(C)cc2[n+]1CCS(=O)(=O)[O-])C=C1Oc2ccc(-c3ccccc3)cc2N1CCS(=O)(=O)[O-].[K+]. The molecule has 0 bridgehead atoms. The van der Waals surface area contributed by atoms with Crippen molar-refractivity contribution in [2.24, 2.45) is 0 Å². The van der Waals surface area contributed by atoms with Crippen LogP contribution in [0.3, 0.4) is 0 Å². The standard InChI is InChI=1S/C31H32N2O7S3.K/c1-4-23(19-31-33(13-15-43(37,38)39)27-16-21(2)22(3)17-29(27)41-31)18-30-32(12-14-42(34,35)36)26-20-25(10-11-28(26)40-30)24-8-6-5-7-9-24;/h5-11,16-20H,4,12-15H2,1-3H3,(H-,34,35,36,37,38,39);/q;+1/p-1. The summed E-state index contributed by atoms with van der Waals surface area (Å²) in [4.78, 5) is 1.69. The van der Waals surface area contributed by atoms with Gasteiger partial charge in [0.15, 0.2) is 12.3 Å². The monoisotopic (exact) mass is 678 g/mol. The average molecular weight is 679 g/mol. The van der Waals surface area contributed by atoms with Crippen LogP contribution in [-0.2, 0) is 26.8 Å². The third-order valence-electron chi connectivity index (χ3n) is 7.34. The van der Waals surface area contributed by atoms with E-state index in [0.29, 0.717) is 23.7 Å². The summed E-state index contributed by atoms with van der Waals surface area (Å²) in [6.07, 6.45) is 4.29. The number of anilines is 1. The summed E-state index contributed by atoms with van der Waals surface area (Å²) < 4.78 is 78.3. The predicted molar refractivity (Wildman–Crippen MR) is 167 cm³/mol. The van der Waals surface area contributed by atoms with E-state index in [0.717, 1.165) is 43.1 Å². The van der Waals surface area contributed by atoms with E-state index in [2.05, 4.69) is 0 Å². The van der Waals surface area contributed by atoms with Crippen LogP contribution in [0.5, 0.6) is 5.75 Å². The molecular formula is C31H31KN2O7S3. The van der Waals surface area contributed by atoms with Gasteiger partial charge in [-0.15, -0.1) is 0 Å². The van der Waals surface area contributed by atoms with E-state index in [4.69, 9.17) is 4.74 Å². The van der Waals surface area contributed by atoms with Gasteiger partial charge in [-0.25, -0.2) is 16.8 Å². The predicted octanol–water partition coefficient (Wildman–Crippen LogP) is 2.10. The molecule has 0 saturated heterocycles. The van der Waals surface area contributed by atoms with E-state index < -0.39 is 31.7 Å². The topological polar surface area (TPSA) is 131 Å². The zero-order valence-electron chi connectivity index (χ0n) is 24.9. The van der Waals surface area contributed by atoms with Crippen molar-refractivity contribution in [2.75, 3.05) is 23.0 Å². The number of aryl methyl sites for hydroxylation is 3. The summed E-state index contributed by atoms with van der Waals surface area (Å²) in [5, 5.41) is 0.757. The van der Waals surface area contributed by atoms with E-state index in [-0.39, 0.29) is 64.5 Å². The molecule has 0 radical (unpaired) electrons. The second-order valence-electron chi connectivity index (χ2n) is 10.4. The number of aromatic nitrogens is 1. The largest absolute Gasteiger partial charge is 1.00 e. The number of ether oxygens (including phenoxy) is 1. The quantitative estimate of drug-likeness (QED) is 0.142. The molecule has 5 rings (SSSR count). The number of fused-ring (bicyclic) bond motifs is 2. The Kier molecular flexibility index (Phi) is 11.3. The summed E-state index contributed by atoms with van der Waals surface area (Å²) >= 11 is 1.49. The number of thiazole rings is 1. The molecule has 0 unspecified atom stereocenters. The molecule has 0 atom stereocenters. The number of nitrogens with zero attached hydrogens (tertiary/aromatic N) is 2. The molecular weight excluding hydrogens is 648 g/mol. The molecule has 0 aliphatic carbocycles. The fraction of sp³-hybridized carbons (Fsp3) is 0.258. The fourth-order valence-corrected chi connectivity index (χ4v) is 6.97. The van der Waals surface area contributed by atoms with Crippen molar-refractivity contribution in [2.45, 2.75) is 33.7 Å². The maximum Gasteiger partial charge on any atom is 1.00 e. The second-order valence-corrected chi connectivity index (χ2v) is 14.5. The molecule has 3 aromatic carbocycles. The van der Waals surface area contributed by atoms with Crippen molar-refractivity contribution >= 4 is 53.6 Å². The van der Waals surface area contributed by atoms with Gasteiger partial charge in [-0.1, -0.05) is 54.7 Å². The van der Waals surface area contributed by atoms with Crippen LogP contribution in [0.25, 0.3) is 27.4 Å².